The quantitative estimate of drug-likeness (QED) is 0.719. The summed E-state index contributed by atoms with van der Waals surface area (Å²) in [6, 6.07) is 0. The van der Waals surface area contributed by atoms with Crippen LogP contribution in [0.15, 0.2) is 0 Å². The zero-order chi connectivity index (χ0) is 15.1. The number of thiazole rings is 1. The molecule has 5 nitrogen and oxygen atoms in total. The number of aryl methyl sites for hydroxylation is 1. The summed E-state index contributed by atoms with van der Waals surface area (Å²) >= 11 is 2.70. The molecular weight excluding hydrogens is 296 g/mol. The van der Waals surface area contributed by atoms with Gasteiger partial charge < -0.3 is 10.4 Å². The Kier molecular flexibility index (Phi) is 7.01. The number of carbonyl (C=O) groups is 2. The predicted molar refractivity (Wildman–Crippen MR) is 82.7 cm³/mol. The number of amides is 1. The Bertz CT molecular complexity index is 472. The van der Waals surface area contributed by atoms with Crippen LogP contribution >= 0.6 is 23.1 Å². The normalized spacial score (nSPS) is 10.8. The maximum Gasteiger partial charge on any atom is 0.313 e. The number of rotatable bonds is 8. The Labute approximate surface area is 127 Å². The minimum Gasteiger partial charge on any atom is -0.481 e. The second-order valence-corrected chi connectivity index (χ2v) is 7.12. The minimum atomic E-state index is -0.835. The Morgan fingerprint density at radius 2 is 2.15 bits per heavy atom. The molecule has 0 saturated carbocycles. The third-order valence-electron chi connectivity index (χ3n) is 2.37. The van der Waals surface area contributed by atoms with Gasteiger partial charge >= 0.3 is 5.97 Å². The standard InChI is InChI=1S/C13H20N2O3S2/c1-8(2)6-10-12(20-9(3)15-10)13(18)14-4-5-19-7-11(16)17/h8H,4-7H2,1-3H3,(H,14,18)(H,16,17). The third kappa shape index (κ3) is 5.92. The van der Waals surface area contributed by atoms with Gasteiger partial charge in [0.15, 0.2) is 0 Å². The van der Waals surface area contributed by atoms with Gasteiger partial charge in [-0.05, 0) is 19.3 Å². The van der Waals surface area contributed by atoms with E-state index >= 15 is 0 Å². The Morgan fingerprint density at radius 1 is 1.45 bits per heavy atom. The monoisotopic (exact) mass is 316 g/mol. The first kappa shape index (κ1) is 17.0. The fraction of sp³-hybridized carbons (Fsp3) is 0.615. The van der Waals surface area contributed by atoms with Crippen LogP contribution in [-0.2, 0) is 11.2 Å². The summed E-state index contributed by atoms with van der Waals surface area (Å²) in [5.74, 6) is 0.165. The predicted octanol–water partition coefficient (Wildman–Crippen LogP) is 2.20. The Balaban J connectivity index is 2.48. The van der Waals surface area contributed by atoms with Gasteiger partial charge in [-0.25, -0.2) is 4.98 Å². The van der Waals surface area contributed by atoms with Crippen LogP contribution in [0.3, 0.4) is 0 Å². The molecule has 0 radical (unpaired) electrons. The Morgan fingerprint density at radius 3 is 2.75 bits per heavy atom. The van der Waals surface area contributed by atoms with Crippen LogP contribution in [0.5, 0.6) is 0 Å². The van der Waals surface area contributed by atoms with Crippen LogP contribution in [0, 0.1) is 12.8 Å². The lowest BCUT2D eigenvalue weighted by atomic mass is 10.1. The summed E-state index contributed by atoms with van der Waals surface area (Å²) in [7, 11) is 0. The zero-order valence-electron chi connectivity index (χ0n) is 11.9. The molecule has 20 heavy (non-hydrogen) atoms. The first-order valence-corrected chi connectivity index (χ1v) is 8.41. The van der Waals surface area contributed by atoms with Crippen molar-refractivity contribution >= 4 is 35.0 Å². The van der Waals surface area contributed by atoms with Crippen LogP contribution < -0.4 is 5.32 Å². The second-order valence-electron chi connectivity index (χ2n) is 4.81. The molecule has 1 rings (SSSR count). The smallest absolute Gasteiger partial charge is 0.313 e. The molecule has 0 aromatic carbocycles. The fourth-order valence-electron chi connectivity index (χ4n) is 1.65. The van der Waals surface area contributed by atoms with Gasteiger partial charge in [-0.15, -0.1) is 23.1 Å². The van der Waals surface area contributed by atoms with Gasteiger partial charge in [-0.2, -0.15) is 0 Å². The van der Waals surface area contributed by atoms with Crippen LogP contribution in [0.4, 0.5) is 0 Å². The average Bonchev–Trinajstić information content (AvgIpc) is 2.68. The highest BCUT2D eigenvalue weighted by molar-refractivity contribution is 7.99. The van der Waals surface area contributed by atoms with Crippen molar-refractivity contribution in [1.82, 2.24) is 10.3 Å². The lowest BCUT2D eigenvalue weighted by Gasteiger charge is -2.06. The summed E-state index contributed by atoms with van der Waals surface area (Å²) in [6.45, 7) is 6.56. The largest absolute Gasteiger partial charge is 0.481 e. The van der Waals surface area contributed by atoms with Crippen LogP contribution in [0.1, 0.15) is 34.2 Å². The molecule has 0 atom stereocenters. The van der Waals surface area contributed by atoms with Crippen molar-refractivity contribution in [2.24, 2.45) is 5.92 Å². The van der Waals surface area contributed by atoms with E-state index in [1.165, 1.54) is 23.1 Å². The average molecular weight is 316 g/mol. The van der Waals surface area contributed by atoms with E-state index < -0.39 is 5.97 Å². The molecule has 0 aliphatic heterocycles. The van der Waals surface area contributed by atoms with Crippen molar-refractivity contribution in [2.45, 2.75) is 27.2 Å². The SMILES string of the molecule is Cc1nc(CC(C)C)c(C(=O)NCCSCC(=O)O)s1. The molecule has 0 unspecified atom stereocenters. The summed E-state index contributed by atoms with van der Waals surface area (Å²) < 4.78 is 0. The molecule has 7 heteroatoms. The number of hydrogen-bond acceptors (Lipinski definition) is 5. The molecule has 0 fully saturated rings. The van der Waals surface area contributed by atoms with E-state index in [-0.39, 0.29) is 11.7 Å². The number of hydrogen-bond donors (Lipinski definition) is 2. The van der Waals surface area contributed by atoms with Crippen molar-refractivity contribution in [1.29, 1.82) is 0 Å². The van der Waals surface area contributed by atoms with Gasteiger partial charge in [0.1, 0.15) is 4.88 Å². The summed E-state index contributed by atoms with van der Waals surface area (Å²) in [4.78, 5) is 27.5. The summed E-state index contributed by atoms with van der Waals surface area (Å²) in [5.41, 5.74) is 0.859. The molecule has 0 bridgehead atoms. The highest BCUT2D eigenvalue weighted by atomic mass is 32.2. The first-order chi connectivity index (χ1) is 9.40. The molecule has 1 aromatic heterocycles. The molecular formula is C13H20N2O3S2. The van der Waals surface area contributed by atoms with E-state index in [1.807, 2.05) is 6.92 Å². The summed E-state index contributed by atoms with van der Waals surface area (Å²) in [5, 5.41) is 12.2. The molecule has 0 spiro atoms. The van der Waals surface area contributed by atoms with Gasteiger partial charge in [0.25, 0.3) is 5.91 Å². The van der Waals surface area contributed by atoms with Crippen molar-refractivity contribution in [3.05, 3.63) is 15.6 Å². The molecule has 112 valence electrons. The molecule has 0 aliphatic carbocycles. The molecule has 1 aromatic rings. The van der Waals surface area contributed by atoms with Crippen molar-refractivity contribution in [3.63, 3.8) is 0 Å². The fourth-order valence-corrected chi connectivity index (χ4v) is 3.08. The van der Waals surface area contributed by atoms with Crippen LogP contribution in [-0.4, -0.2) is 40.0 Å². The number of aliphatic carboxylic acids is 1. The van der Waals surface area contributed by atoms with E-state index in [2.05, 4.69) is 24.1 Å². The topological polar surface area (TPSA) is 79.3 Å². The highest BCUT2D eigenvalue weighted by Crippen LogP contribution is 2.20. The number of carboxylic acids is 1. The molecule has 1 heterocycles. The third-order valence-corrected chi connectivity index (χ3v) is 4.33. The second kappa shape index (κ2) is 8.26. The number of thioether (sulfide) groups is 1. The number of nitrogens with one attached hydrogen (secondary N) is 1. The van der Waals surface area contributed by atoms with Crippen molar-refractivity contribution < 1.29 is 14.7 Å². The number of aromatic nitrogens is 1. The van der Waals surface area contributed by atoms with Gasteiger partial charge in [0.2, 0.25) is 0 Å². The molecule has 1 amide bonds. The van der Waals surface area contributed by atoms with Gasteiger partial charge in [-0.1, -0.05) is 13.8 Å². The van der Waals surface area contributed by atoms with Gasteiger partial charge in [0, 0.05) is 12.3 Å². The maximum absolute atomic E-state index is 12.1. The number of carbonyl (C=O) groups excluding carboxylic acids is 1. The van der Waals surface area contributed by atoms with E-state index in [4.69, 9.17) is 5.11 Å². The highest BCUT2D eigenvalue weighted by Gasteiger charge is 2.17. The molecule has 0 aliphatic rings. The Hall–Kier alpha value is -1.08. The molecule has 2 N–H and O–H groups in total. The lowest BCUT2D eigenvalue weighted by molar-refractivity contribution is -0.133. The minimum absolute atomic E-state index is 0.0636. The van der Waals surface area contributed by atoms with E-state index in [0.29, 0.717) is 23.1 Å². The lowest BCUT2D eigenvalue weighted by Crippen LogP contribution is -2.26. The van der Waals surface area contributed by atoms with Gasteiger partial charge in [-0.3, -0.25) is 9.59 Å². The zero-order valence-corrected chi connectivity index (χ0v) is 13.6. The van der Waals surface area contributed by atoms with Gasteiger partial charge in [0.05, 0.1) is 16.5 Å². The maximum atomic E-state index is 12.1. The van der Waals surface area contributed by atoms with Crippen LogP contribution in [0.25, 0.3) is 0 Å². The van der Waals surface area contributed by atoms with E-state index in [0.717, 1.165) is 17.1 Å². The number of nitrogens with zero attached hydrogens (tertiary/aromatic N) is 1. The summed E-state index contributed by atoms with van der Waals surface area (Å²) in [6.07, 6.45) is 0.793. The van der Waals surface area contributed by atoms with Crippen molar-refractivity contribution in [2.75, 3.05) is 18.1 Å². The van der Waals surface area contributed by atoms with Crippen molar-refractivity contribution in [3.8, 4) is 0 Å². The van der Waals surface area contributed by atoms with E-state index in [9.17, 15) is 9.59 Å². The first-order valence-electron chi connectivity index (χ1n) is 6.44. The molecule has 0 saturated heterocycles. The van der Waals surface area contributed by atoms with E-state index in [1.54, 1.807) is 0 Å². The number of carboxylic acid groups (broad SMARTS) is 1. The van der Waals surface area contributed by atoms with Crippen LogP contribution in [0.2, 0.25) is 0 Å².